The molecule has 3 heterocycles. The van der Waals surface area contributed by atoms with Crippen LogP contribution in [0.3, 0.4) is 0 Å². The molecule has 5 rings (SSSR count). The number of carbonyl (C=O) groups is 4. The first kappa shape index (κ1) is 37.9. The number of fused-ring (bicyclic) bond motifs is 2. The molecule has 2 N–H and O–H groups in total. The van der Waals surface area contributed by atoms with Gasteiger partial charge in [-0.2, -0.15) is 0 Å². The molecule has 2 aromatic carbocycles. The Labute approximate surface area is 304 Å². The molecule has 3 aromatic rings. The summed E-state index contributed by atoms with van der Waals surface area (Å²) in [4.78, 5) is 60.6. The average Bonchev–Trinajstić information content (AvgIpc) is 3.54. The summed E-state index contributed by atoms with van der Waals surface area (Å²) in [6.07, 6.45) is 5.64. The van der Waals surface area contributed by atoms with Gasteiger partial charge in [0, 0.05) is 36.0 Å². The van der Waals surface area contributed by atoms with Gasteiger partial charge in [-0.05, 0) is 71.9 Å². The van der Waals surface area contributed by atoms with E-state index in [9.17, 15) is 19.2 Å². The number of rotatable bonds is 7. The molecule has 0 aliphatic carbocycles. The largest absolute Gasteiger partial charge is 0.497 e. The first-order valence-corrected chi connectivity index (χ1v) is 17.9. The van der Waals surface area contributed by atoms with Crippen LogP contribution in [0.15, 0.2) is 66.7 Å². The van der Waals surface area contributed by atoms with E-state index in [1.807, 2.05) is 66.7 Å². The maximum absolute atomic E-state index is 14.4. The number of hydrogen-bond donors (Lipinski definition) is 2. The van der Waals surface area contributed by atoms with Gasteiger partial charge in [-0.15, -0.1) is 0 Å². The molecular weight excluding hydrogens is 666 g/mol. The molecular formula is C39H49N5O8. The lowest BCUT2D eigenvalue weighted by Crippen LogP contribution is -2.57. The molecule has 278 valence electrons. The van der Waals surface area contributed by atoms with Gasteiger partial charge >= 0.3 is 18.1 Å². The number of urea groups is 1. The van der Waals surface area contributed by atoms with Crippen LogP contribution in [0.2, 0.25) is 0 Å². The highest BCUT2D eigenvalue weighted by molar-refractivity contribution is 5.92. The van der Waals surface area contributed by atoms with E-state index in [1.165, 1.54) is 9.91 Å². The molecule has 3 atom stereocenters. The topological polar surface area (TPSA) is 149 Å². The van der Waals surface area contributed by atoms with E-state index in [-0.39, 0.29) is 26.1 Å². The fourth-order valence-electron chi connectivity index (χ4n) is 6.24. The molecule has 2 aliphatic heterocycles. The van der Waals surface area contributed by atoms with Crippen molar-refractivity contribution < 1.29 is 38.1 Å². The predicted molar refractivity (Wildman–Crippen MR) is 196 cm³/mol. The number of carbonyl (C=O) groups excluding carboxylic acids is 4. The SMILES string of the molecule is CCOC(=O)C1CCC=CCCCCN(NC(=O)OC(C)(C)C)C(=O)N2CC(Oc3cc(-c4ccccc4)nc4cc(OC)ccc34)CC2C(=O)N1. The summed E-state index contributed by atoms with van der Waals surface area (Å²) in [6, 6.07) is 14.5. The Kier molecular flexibility index (Phi) is 12.6. The summed E-state index contributed by atoms with van der Waals surface area (Å²) < 4.78 is 22.9. The lowest BCUT2D eigenvalue weighted by Gasteiger charge is -2.32. The zero-order chi connectivity index (χ0) is 37.3. The Bertz CT molecular complexity index is 1760. The lowest BCUT2D eigenvalue weighted by atomic mass is 10.1. The summed E-state index contributed by atoms with van der Waals surface area (Å²) in [7, 11) is 1.59. The summed E-state index contributed by atoms with van der Waals surface area (Å²) in [5.41, 5.74) is 4.02. The third-order valence-corrected chi connectivity index (χ3v) is 8.69. The van der Waals surface area contributed by atoms with E-state index >= 15 is 0 Å². The highest BCUT2D eigenvalue weighted by atomic mass is 16.6. The van der Waals surface area contributed by atoms with Gasteiger partial charge in [-0.25, -0.2) is 29.8 Å². The number of benzene rings is 2. The number of aromatic nitrogens is 1. The molecule has 0 spiro atoms. The van der Waals surface area contributed by atoms with Gasteiger partial charge in [-0.1, -0.05) is 42.5 Å². The number of esters is 1. The summed E-state index contributed by atoms with van der Waals surface area (Å²) in [5.74, 6) is 0.0851. The predicted octanol–water partition coefficient (Wildman–Crippen LogP) is 6.16. The second-order valence-electron chi connectivity index (χ2n) is 13.8. The number of amides is 4. The summed E-state index contributed by atoms with van der Waals surface area (Å²) >= 11 is 0. The van der Waals surface area contributed by atoms with Crippen LogP contribution >= 0.6 is 0 Å². The van der Waals surface area contributed by atoms with Gasteiger partial charge in [0.15, 0.2) is 0 Å². The number of pyridine rings is 1. The van der Waals surface area contributed by atoms with Crippen molar-refractivity contribution in [1.29, 1.82) is 0 Å². The number of hydrogen-bond acceptors (Lipinski definition) is 9. The van der Waals surface area contributed by atoms with Gasteiger partial charge in [0.2, 0.25) is 5.91 Å². The first-order valence-electron chi connectivity index (χ1n) is 17.9. The van der Waals surface area contributed by atoms with Gasteiger partial charge in [0.1, 0.15) is 35.3 Å². The van der Waals surface area contributed by atoms with Crippen molar-refractivity contribution in [3.8, 4) is 22.8 Å². The molecule has 1 saturated heterocycles. The summed E-state index contributed by atoms with van der Waals surface area (Å²) in [5, 5.41) is 4.78. The normalized spacial score (nSPS) is 20.3. The van der Waals surface area contributed by atoms with Crippen molar-refractivity contribution in [3.05, 3.63) is 66.7 Å². The quantitative estimate of drug-likeness (QED) is 0.217. The molecule has 1 aromatic heterocycles. The molecule has 0 bridgehead atoms. The Morgan fingerprint density at radius 3 is 2.52 bits per heavy atom. The van der Waals surface area contributed by atoms with Gasteiger partial charge in [0.05, 0.1) is 31.5 Å². The van der Waals surface area contributed by atoms with E-state index in [0.717, 1.165) is 23.8 Å². The minimum absolute atomic E-state index is 0.0235. The second kappa shape index (κ2) is 17.3. The van der Waals surface area contributed by atoms with Crippen LogP contribution in [0.1, 0.15) is 66.2 Å². The van der Waals surface area contributed by atoms with E-state index in [4.69, 9.17) is 23.9 Å². The van der Waals surface area contributed by atoms with E-state index < -0.39 is 47.8 Å². The molecule has 1 fully saturated rings. The highest BCUT2D eigenvalue weighted by Gasteiger charge is 2.44. The van der Waals surface area contributed by atoms with Crippen LogP contribution in [0.25, 0.3) is 22.2 Å². The van der Waals surface area contributed by atoms with Crippen LogP contribution in [-0.2, 0) is 19.1 Å². The van der Waals surface area contributed by atoms with Gasteiger partial charge < -0.3 is 29.2 Å². The Morgan fingerprint density at radius 1 is 1.02 bits per heavy atom. The van der Waals surface area contributed by atoms with Crippen molar-refractivity contribution in [1.82, 2.24) is 25.6 Å². The third-order valence-electron chi connectivity index (χ3n) is 8.69. The van der Waals surface area contributed by atoms with Crippen molar-refractivity contribution in [2.24, 2.45) is 0 Å². The second-order valence-corrected chi connectivity index (χ2v) is 13.8. The molecule has 3 unspecified atom stereocenters. The number of hydrazine groups is 1. The minimum Gasteiger partial charge on any atom is -0.497 e. The Morgan fingerprint density at radius 2 is 1.79 bits per heavy atom. The fraction of sp³-hybridized carbons (Fsp3) is 0.462. The van der Waals surface area contributed by atoms with E-state index in [0.29, 0.717) is 42.0 Å². The molecule has 13 nitrogen and oxygen atoms in total. The minimum atomic E-state index is -1.03. The molecule has 52 heavy (non-hydrogen) atoms. The zero-order valence-electron chi connectivity index (χ0n) is 30.6. The average molecular weight is 716 g/mol. The molecule has 0 radical (unpaired) electrons. The highest BCUT2D eigenvalue weighted by Crippen LogP contribution is 2.35. The van der Waals surface area contributed by atoms with Crippen molar-refractivity contribution in [2.45, 2.75) is 90.0 Å². The molecule has 13 heteroatoms. The lowest BCUT2D eigenvalue weighted by molar-refractivity contribution is -0.148. The van der Waals surface area contributed by atoms with Crippen molar-refractivity contribution in [2.75, 3.05) is 26.8 Å². The first-order chi connectivity index (χ1) is 25.0. The number of ether oxygens (including phenoxy) is 4. The van der Waals surface area contributed by atoms with Gasteiger partial charge in [0.25, 0.3) is 0 Å². The fourth-order valence-corrected chi connectivity index (χ4v) is 6.24. The molecule has 4 amide bonds. The van der Waals surface area contributed by atoms with Crippen LogP contribution in [0.5, 0.6) is 11.5 Å². The maximum Gasteiger partial charge on any atom is 0.426 e. The van der Waals surface area contributed by atoms with E-state index in [2.05, 4.69) is 10.7 Å². The monoisotopic (exact) mass is 715 g/mol. The van der Waals surface area contributed by atoms with Crippen molar-refractivity contribution in [3.63, 3.8) is 0 Å². The van der Waals surface area contributed by atoms with Crippen LogP contribution in [0.4, 0.5) is 9.59 Å². The molecule has 0 saturated carbocycles. The molecule has 2 aliphatic rings. The van der Waals surface area contributed by atoms with E-state index in [1.54, 1.807) is 34.8 Å². The number of nitrogens with zero attached hydrogens (tertiary/aromatic N) is 3. The number of allylic oxidation sites excluding steroid dienone is 2. The Balaban J connectivity index is 1.50. The number of methoxy groups -OCH3 is 1. The van der Waals surface area contributed by atoms with Crippen LogP contribution in [0, 0.1) is 0 Å². The Hall–Kier alpha value is -5.33. The van der Waals surface area contributed by atoms with Crippen molar-refractivity contribution >= 4 is 34.9 Å². The van der Waals surface area contributed by atoms with Crippen LogP contribution in [-0.4, -0.2) is 89.5 Å². The van der Waals surface area contributed by atoms with Crippen LogP contribution < -0.4 is 20.2 Å². The standard InChI is InChI=1S/C39H49N5O8/c1-6-50-36(46)30-18-14-9-7-8-10-15-21-44(42-37(47)52-39(2,3)4)38(48)43-25-28(23-33(43)35(45)41-30)51-34-24-31(26-16-12-11-13-17-26)40-32-22-27(49-5)19-20-29(32)34/h7,9,11-13,16-17,19-20,22,24,28,30,33H,6,8,10,14-15,18,21,23,25H2,1-5H3,(H,41,45)(H,42,47). The zero-order valence-corrected chi connectivity index (χ0v) is 30.6. The van der Waals surface area contributed by atoms with Gasteiger partial charge in [-0.3, -0.25) is 4.79 Å². The summed E-state index contributed by atoms with van der Waals surface area (Å²) in [6.45, 7) is 7.28. The third kappa shape index (κ3) is 9.92. The maximum atomic E-state index is 14.4. The smallest absolute Gasteiger partial charge is 0.426 e. The number of nitrogens with one attached hydrogen (secondary N) is 2.